The number of ether oxygens (including phenoxy) is 3. The van der Waals surface area contributed by atoms with E-state index in [0.717, 1.165) is 19.3 Å². The molecule has 0 radical (unpaired) electrons. The molecule has 8 nitrogen and oxygen atoms in total. The maximum atomic E-state index is 12.4. The Bertz CT molecular complexity index is 489. The Labute approximate surface area is 155 Å². The average Bonchev–Trinajstić information content (AvgIpc) is 2.53. The van der Waals surface area contributed by atoms with Crippen molar-refractivity contribution in [3.05, 3.63) is 0 Å². The number of hydrogen-bond acceptors (Lipinski definition) is 6. The zero-order valence-electron chi connectivity index (χ0n) is 16.5. The second kappa shape index (κ2) is 10.2. The lowest BCUT2D eigenvalue weighted by molar-refractivity contribution is -0.152. The van der Waals surface area contributed by atoms with Crippen molar-refractivity contribution in [2.45, 2.75) is 78.0 Å². The van der Waals surface area contributed by atoms with Crippen LogP contribution in [0.1, 0.15) is 60.3 Å². The largest absolute Gasteiger partial charge is 0.460 e. The summed E-state index contributed by atoms with van der Waals surface area (Å²) in [6.07, 6.45) is 1.29. The molecule has 1 fully saturated rings. The molecular formula is C18H32N2O6. The molecule has 1 saturated heterocycles. The number of nitrogens with zero attached hydrogens (tertiary/aromatic N) is 1. The van der Waals surface area contributed by atoms with Crippen molar-refractivity contribution in [3.63, 3.8) is 0 Å². The normalized spacial score (nSPS) is 18.7. The highest BCUT2D eigenvalue weighted by atomic mass is 16.6. The van der Waals surface area contributed by atoms with Gasteiger partial charge in [0.1, 0.15) is 11.7 Å². The molecule has 26 heavy (non-hydrogen) atoms. The van der Waals surface area contributed by atoms with Gasteiger partial charge in [-0.05, 0) is 53.9 Å². The van der Waals surface area contributed by atoms with Crippen LogP contribution in [0, 0.1) is 0 Å². The number of rotatable bonds is 6. The van der Waals surface area contributed by atoms with E-state index in [1.165, 1.54) is 0 Å². The van der Waals surface area contributed by atoms with Gasteiger partial charge in [0.2, 0.25) is 0 Å². The van der Waals surface area contributed by atoms with Crippen LogP contribution < -0.4 is 5.32 Å². The van der Waals surface area contributed by atoms with Crippen molar-refractivity contribution in [2.75, 3.05) is 19.7 Å². The van der Waals surface area contributed by atoms with Crippen LogP contribution in [0.3, 0.4) is 0 Å². The molecule has 1 N–H and O–H groups in total. The summed E-state index contributed by atoms with van der Waals surface area (Å²) in [4.78, 5) is 37.3. The Balaban J connectivity index is 2.51. The first-order chi connectivity index (χ1) is 12.1. The number of carbonyl (C=O) groups is 3. The van der Waals surface area contributed by atoms with Gasteiger partial charge in [-0.2, -0.15) is 0 Å². The van der Waals surface area contributed by atoms with Crippen molar-refractivity contribution in [3.8, 4) is 0 Å². The summed E-state index contributed by atoms with van der Waals surface area (Å²) in [5.41, 5.74) is -0.572. The molecule has 1 aliphatic heterocycles. The van der Waals surface area contributed by atoms with E-state index in [9.17, 15) is 14.4 Å². The molecule has 1 aliphatic rings. The monoisotopic (exact) mass is 372 g/mol. The maximum Gasteiger partial charge on any atom is 0.410 e. The number of alkyl carbamates (subject to hydrolysis) is 1. The molecular weight excluding hydrogens is 340 g/mol. The fourth-order valence-electron chi connectivity index (χ4n) is 2.79. The van der Waals surface area contributed by atoms with Crippen LogP contribution >= 0.6 is 0 Å². The molecule has 0 spiro atoms. The Morgan fingerprint density at radius 1 is 1.23 bits per heavy atom. The highest BCUT2D eigenvalue weighted by Crippen LogP contribution is 2.24. The summed E-state index contributed by atoms with van der Waals surface area (Å²) >= 11 is 0. The van der Waals surface area contributed by atoms with Crippen LogP contribution in [0.25, 0.3) is 0 Å². The van der Waals surface area contributed by atoms with Gasteiger partial charge in [0.25, 0.3) is 0 Å². The van der Waals surface area contributed by atoms with Crippen LogP contribution in [-0.4, -0.2) is 60.5 Å². The molecule has 0 aromatic carbocycles. The molecule has 8 heteroatoms. The Hall–Kier alpha value is -1.99. The lowest BCUT2D eigenvalue weighted by Crippen LogP contribution is -2.51. The topological polar surface area (TPSA) is 94.2 Å². The quantitative estimate of drug-likeness (QED) is 0.569. The summed E-state index contributed by atoms with van der Waals surface area (Å²) in [5, 5.41) is 2.47. The third-order valence-corrected chi connectivity index (χ3v) is 3.91. The molecule has 1 heterocycles. The zero-order chi connectivity index (χ0) is 19.7. The van der Waals surface area contributed by atoms with E-state index < -0.39 is 23.8 Å². The van der Waals surface area contributed by atoms with E-state index in [4.69, 9.17) is 14.2 Å². The van der Waals surface area contributed by atoms with Crippen molar-refractivity contribution in [2.24, 2.45) is 0 Å². The summed E-state index contributed by atoms with van der Waals surface area (Å²) in [5.74, 6) is -0.427. The Morgan fingerprint density at radius 3 is 2.54 bits per heavy atom. The van der Waals surface area contributed by atoms with Gasteiger partial charge in [-0.3, -0.25) is 4.79 Å². The van der Waals surface area contributed by atoms with Crippen molar-refractivity contribution >= 4 is 18.2 Å². The SMILES string of the molecule is CCOC(=O)NCCC(=O)O[C@H](C)[C@H]1CCCCN1C(=O)OC(C)(C)C. The molecule has 2 amide bonds. The number of piperidine rings is 1. The fraction of sp³-hybridized carbons (Fsp3) is 0.833. The Kier molecular flexibility index (Phi) is 8.68. The molecule has 1 rings (SSSR count). The molecule has 0 saturated carbocycles. The molecule has 0 unspecified atom stereocenters. The summed E-state index contributed by atoms with van der Waals surface area (Å²) in [6.45, 7) is 9.96. The van der Waals surface area contributed by atoms with E-state index in [1.807, 2.05) is 20.8 Å². The van der Waals surface area contributed by atoms with E-state index in [1.54, 1.807) is 18.7 Å². The van der Waals surface area contributed by atoms with Gasteiger partial charge in [-0.15, -0.1) is 0 Å². The minimum Gasteiger partial charge on any atom is -0.460 e. The molecule has 0 aromatic heterocycles. The van der Waals surface area contributed by atoms with E-state index in [-0.39, 0.29) is 31.7 Å². The molecule has 150 valence electrons. The lowest BCUT2D eigenvalue weighted by Gasteiger charge is -2.39. The smallest absolute Gasteiger partial charge is 0.410 e. The summed E-state index contributed by atoms with van der Waals surface area (Å²) in [6, 6.07) is -0.208. The van der Waals surface area contributed by atoms with Gasteiger partial charge in [0.05, 0.1) is 19.1 Å². The first kappa shape index (κ1) is 22.1. The number of carbonyl (C=O) groups excluding carboxylic acids is 3. The standard InChI is InChI=1S/C18H32N2O6/c1-6-24-16(22)19-11-10-15(21)25-13(2)14-9-7-8-12-20(14)17(23)26-18(3,4)5/h13-14H,6-12H2,1-5H3,(H,19,22)/t13-,14-/m1/s1. The predicted octanol–water partition coefficient (Wildman–Crippen LogP) is 2.84. The number of amides is 2. The number of nitrogens with one attached hydrogen (secondary N) is 1. The van der Waals surface area contributed by atoms with Gasteiger partial charge in [0, 0.05) is 13.1 Å². The van der Waals surface area contributed by atoms with Crippen LogP contribution in [0.5, 0.6) is 0 Å². The van der Waals surface area contributed by atoms with Crippen LogP contribution in [0.15, 0.2) is 0 Å². The third kappa shape index (κ3) is 7.93. The summed E-state index contributed by atoms with van der Waals surface area (Å²) < 4.78 is 15.6. The van der Waals surface area contributed by atoms with Crippen LogP contribution in [0.2, 0.25) is 0 Å². The zero-order valence-corrected chi connectivity index (χ0v) is 16.5. The molecule has 0 bridgehead atoms. The first-order valence-electron chi connectivity index (χ1n) is 9.23. The second-order valence-electron chi connectivity index (χ2n) is 7.33. The second-order valence-corrected chi connectivity index (χ2v) is 7.33. The fourth-order valence-corrected chi connectivity index (χ4v) is 2.79. The first-order valence-corrected chi connectivity index (χ1v) is 9.23. The highest BCUT2D eigenvalue weighted by molar-refractivity contribution is 5.72. The number of likely N-dealkylation sites (tertiary alicyclic amines) is 1. The highest BCUT2D eigenvalue weighted by Gasteiger charge is 2.35. The van der Waals surface area contributed by atoms with Gasteiger partial charge in [-0.1, -0.05) is 0 Å². The van der Waals surface area contributed by atoms with E-state index in [0.29, 0.717) is 6.54 Å². The lowest BCUT2D eigenvalue weighted by atomic mass is 9.98. The number of esters is 1. The van der Waals surface area contributed by atoms with Gasteiger partial charge >= 0.3 is 18.2 Å². The van der Waals surface area contributed by atoms with E-state index >= 15 is 0 Å². The average molecular weight is 372 g/mol. The molecule has 0 aliphatic carbocycles. The number of hydrogen-bond donors (Lipinski definition) is 1. The van der Waals surface area contributed by atoms with Crippen LogP contribution in [-0.2, 0) is 19.0 Å². The van der Waals surface area contributed by atoms with E-state index in [2.05, 4.69) is 5.32 Å². The van der Waals surface area contributed by atoms with Crippen LogP contribution in [0.4, 0.5) is 9.59 Å². The van der Waals surface area contributed by atoms with Gasteiger partial charge in [0.15, 0.2) is 0 Å². The van der Waals surface area contributed by atoms with Crippen molar-refractivity contribution in [1.82, 2.24) is 10.2 Å². The third-order valence-electron chi connectivity index (χ3n) is 3.91. The van der Waals surface area contributed by atoms with Crippen molar-refractivity contribution in [1.29, 1.82) is 0 Å². The van der Waals surface area contributed by atoms with Gasteiger partial charge < -0.3 is 24.4 Å². The van der Waals surface area contributed by atoms with Gasteiger partial charge in [-0.25, -0.2) is 9.59 Å². The minimum absolute atomic E-state index is 0.0440. The molecule has 0 aromatic rings. The summed E-state index contributed by atoms with van der Waals surface area (Å²) in [7, 11) is 0. The minimum atomic E-state index is -0.572. The molecule has 2 atom stereocenters. The maximum absolute atomic E-state index is 12.4. The predicted molar refractivity (Wildman–Crippen MR) is 95.8 cm³/mol. The Morgan fingerprint density at radius 2 is 1.92 bits per heavy atom. The van der Waals surface area contributed by atoms with Crippen molar-refractivity contribution < 1.29 is 28.6 Å².